The van der Waals surface area contributed by atoms with Crippen LogP contribution in [0.5, 0.6) is 0 Å². The number of halogens is 1. The second-order valence-electron chi connectivity index (χ2n) is 9.32. The third kappa shape index (κ3) is 5.03. The first-order valence-electron chi connectivity index (χ1n) is 11.7. The van der Waals surface area contributed by atoms with E-state index in [9.17, 15) is 14.7 Å². The number of β-amino-alcohol motifs (C(OH)–C–C–N with tert-alkyl or cyclic N) is 1. The molecule has 3 aromatic rings. The van der Waals surface area contributed by atoms with Gasteiger partial charge in [-0.05, 0) is 59.7 Å². The van der Waals surface area contributed by atoms with Crippen LogP contribution in [0.2, 0.25) is 0 Å². The molecule has 2 aliphatic rings. The average Bonchev–Trinajstić information content (AvgIpc) is 3.21. The number of carbonyl (C=O) groups excluding carboxylic acids is 2. The lowest BCUT2D eigenvalue weighted by atomic mass is 10.0. The van der Waals surface area contributed by atoms with Gasteiger partial charge in [0.05, 0.1) is 34.4 Å². The number of carbonyl (C=O) groups is 2. The topological polar surface area (TPSA) is 113 Å². The Kier molecular flexibility index (Phi) is 6.73. The zero-order valence-electron chi connectivity index (χ0n) is 19.5. The summed E-state index contributed by atoms with van der Waals surface area (Å²) in [5, 5.41) is 21.4. The van der Waals surface area contributed by atoms with Crippen LogP contribution in [0.3, 0.4) is 0 Å². The largest absolute Gasteiger partial charge is 0.391 e. The first kappa shape index (κ1) is 24.1. The van der Waals surface area contributed by atoms with Gasteiger partial charge >= 0.3 is 0 Å². The van der Waals surface area contributed by atoms with Crippen molar-refractivity contribution in [3.05, 3.63) is 51.8 Å². The number of hydrogen-bond acceptors (Lipinski definition) is 7. The quantitative estimate of drug-likeness (QED) is 0.460. The molecule has 9 nitrogen and oxygen atoms in total. The Morgan fingerprint density at radius 2 is 2.00 bits per heavy atom. The van der Waals surface area contributed by atoms with Crippen molar-refractivity contribution in [1.29, 1.82) is 0 Å². The number of benzene rings is 1. The number of amides is 2. The summed E-state index contributed by atoms with van der Waals surface area (Å²) in [5.41, 5.74) is 4.88. The van der Waals surface area contributed by atoms with Gasteiger partial charge in [0.25, 0.3) is 0 Å². The zero-order valence-corrected chi connectivity index (χ0v) is 21.9. The van der Waals surface area contributed by atoms with Crippen LogP contribution >= 0.6 is 27.3 Å². The first-order valence-corrected chi connectivity index (χ1v) is 13.4. The minimum Gasteiger partial charge on any atom is -0.391 e. The van der Waals surface area contributed by atoms with Crippen LogP contribution in [0, 0.1) is 12.8 Å². The van der Waals surface area contributed by atoms with E-state index in [1.807, 2.05) is 43.6 Å². The number of nitrogens with zero attached hydrogens (tertiary/aromatic N) is 5. The number of thiazole rings is 1. The molecule has 1 aliphatic heterocycles. The van der Waals surface area contributed by atoms with Crippen LogP contribution in [0.4, 0.5) is 0 Å². The summed E-state index contributed by atoms with van der Waals surface area (Å²) in [4.78, 5) is 33.8. The molecule has 5 rings (SSSR count). The first-order chi connectivity index (χ1) is 16.8. The molecule has 1 aromatic carbocycles. The second kappa shape index (κ2) is 9.79. The fraction of sp³-hybridized carbons (Fsp3) is 0.458. The van der Waals surface area contributed by atoms with Gasteiger partial charge in [0.2, 0.25) is 11.8 Å². The standard InChI is InChI=1S/C24H27BrN6O3S/c1-13(15-3-7-17(8-4-15)22-14(2)26-12-35-22)27-23(33)19-9-18(32)10-30(19)24(34)21(16-5-6-16)31-11-20(25)28-29-31/h3-4,7-8,11-13,16,18-19,21,32H,5-6,9-10H2,1-2H3,(H,27,33)/t13-,18+,19-,21?/m0/s1. The Morgan fingerprint density at radius 3 is 2.60 bits per heavy atom. The normalized spacial score (nSPS) is 21.7. The third-order valence-corrected chi connectivity index (χ3v) is 8.07. The highest BCUT2D eigenvalue weighted by Crippen LogP contribution is 2.41. The summed E-state index contributed by atoms with van der Waals surface area (Å²) in [6.45, 7) is 4.04. The van der Waals surface area contributed by atoms with Crippen molar-refractivity contribution < 1.29 is 14.7 Å². The van der Waals surface area contributed by atoms with E-state index in [0.29, 0.717) is 4.60 Å². The van der Waals surface area contributed by atoms with Gasteiger partial charge in [-0.1, -0.05) is 29.5 Å². The van der Waals surface area contributed by atoms with Gasteiger partial charge in [-0.15, -0.1) is 16.4 Å². The number of rotatable bonds is 7. The molecule has 2 amide bonds. The third-order valence-electron chi connectivity index (χ3n) is 6.73. The van der Waals surface area contributed by atoms with E-state index < -0.39 is 18.2 Å². The van der Waals surface area contributed by atoms with Crippen LogP contribution in [-0.4, -0.2) is 60.5 Å². The highest BCUT2D eigenvalue weighted by Gasteiger charge is 2.46. The number of aliphatic hydroxyl groups is 1. The van der Waals surface area contributed by atoms with Crippen LogP contribution < -0.4 is 5.32 Å². The lowest BCUT2D eigenvalue weighted by Gasteiger charge is -2.29. The molecule has 35 heavy (non-hydrogen) atoms. The Labute approximate surface area is 215 Å². The molecular weight excluding hydrogens is 532 g/mol. The van der Waals surface area contributed by atoms with Gasteiger partial charge in [-0.25, -0.2) is 9.67 Å². The highest BCUT2D eigenvalue weighted by molar-refractivity contribution is 9.10. The minimum absolute atomic E-state index is 0.132. The number of aromatic nitrogens is 4. The maximum atomic E-state index is 13.6. The van der Waals surface area contributed by atoms with Crippen molar-refractivity contribution in [1.82, 2.24) is 30.2 Å². The summed E-state index contributed by atoms with van der Waals surface area (Å²) in [6, 6.07) is 6.56. The number of nitrogens with one attached hydrogen (secondary N) is 1. The Bertz CT molecular complexity index is 1220. The van der Waals surface area contributed by atoms with Gasteiger partial charge in [0, 0.05) is 13.0 Å². The zero-order chi connectivity index (χ0) is 24.7. The molecular formula is C24H27BrN6O3S. The SMILES string of the molecule is Cc1ncsc1-c1ccc([C@H](C)NC(=O)[C@@H]2C[C@@H](O)CN2C(=O)C(C2CC2)n2cc(Br)nn2)cc1. The van der Waals surface area contributed by atoms with E-state index in [4.69, 9.17) is 0 Å². The number of aryl methyl sites for hydroxylation is 1. The van der Waals surface area contributed by atoms with Crippen LogP contribution in [-0.2, 0) is 9.59 Å². The van der Waals surface area contributed by atoms with Gasteiger partial charge in [0.15, 0.2) is 0 Å². The van der Waals surface area contributed by atoms with E-state index in [1.165, 1.54) is 4.90 Å². The molecule has 0 radical (unpaired) electrons. The molecule has 1 saturated carbocycles. The summed E-state index contributed by atoms with van der Waals surface area (Å²) in [5.74, 6) is -0.296. The van der Waals surface area contributed by atoms with Crippen LogP contribution in [0.25, 0.3) is 10.4 Å². The van der Waals surface area contributed by atoms with E-state index in [1.54, 1.807) is 22.2 Å². The molecule has 1 unspecified atom stereocenters. The van der Waals surface area contributed by atoms with E-state index in [-0.39, 0.29) is 36.7 Å². The molecule has 1 saturated heterocycles. The van der Waals surface area contributed by atoms with Crippen LogP contribution in [0.15, 0.2) is 40.6 Å². The Balaban J connectivity index is 1.29. The summed E-state index contributed by atoms with van der Waals surface area (Å²) >= 11 is 4.89. The highest BCUT2D eigenvalue weighted by atomic mass is 79.9. The van der Waals surface area contributed by atoms with Crippen molar-refractivity contribution in [2.45, 2.75) is 57.3 Å². The van der Waals surface area contributed by atoms with Crippen molar-refractivity contribution in [2.24, 2.45) is 5.92 Å². The molecule has 4 atom stereocenters. The maximum absolute atomic E-state index is 13.6. The monoisotopic (exact) mass is 558 g/mol. The molecule has 0 spiro atoms. The van der Waals surface area contributed by atoms with Crippen molar-refractivity contribution in [3.63, 3.8) is 0 Å². The molecule has 2 aromatic heterocycles. The van der Waals surface area contributed by atoms with Crippen molar-refractivity contribution >= 4 is 39.1 Å². The van der Waals surface area contributed by atoms with E-state index in [2.05, 4.69) is 36.5 Å². The lowest BCUT2D eigenvalue weighted by Crippen LogP contribution is -2.49. The average molecular weight is 559 g/mol. The molecule has 2 fully saturated rings. The molecule has 11 heteroatoms. The van der Waals surface area contributed by atoms with Gasteiger partial charge < -0.3 is 15.3 Å². The number of hydrogen-bond donors (Lipinski definition) is 2. The van der Waals surface area contributed by atoms with Crippen LogP contribution in [0.1, 0.15) is 49.5 Å². The van der Waals surface area contributed by atoms with Gasteiger partial charge in [-0.2, -0.15) is 0 Å². The molecule has 3 heterocycles. The molecule has 184 valence electrons. The number of likely N-dealkylation sites (tertiary alicyclic amines) is 1. The minimum atomic E-state index is -0.741. The second-order valence-corrected chi connectivity index (χ2v) is 11.0. The summed E-state index contributed by atoms with van der Waals surface area (Å²) in [6.07, 6.45) is 3.01. The fourth-order valence-electron chi connectivity index (χ4n) is 4.70. The van der Waals surface area contributed by atoms with Crippen molar-refractivity contribution in [3.8, 4) is 10.4 Å². The predicted octanol–water partition coefficient (Wildman–Crippen LogP) is 3.26. The Hall–Kier alpha value is -2.63. The summed E-state index contributed by atoms with van der Waals surface area (Å²) < 4.78 is 2.12. The maximum Gasteiger partial charge on any atom is 0.248 e. The molecule has 0 bridgehead atoms. The molecule has 2 N–H and O–H groups in total. The number of aliphatic hydroxyl groups excluding tert-OH is 1. The lowest BCUT2D eigenvalue weighted by molar-refractivity contribution is -0.142. The van der Waals surface area contributed by atoms with E-state index >= 15 is 0 Å². The molecule has 1 aliphatic carbocycles. The van der Waals surface area contributed by atoms with E-state index in [0.717, 1.165) is 34.5 Å². The predicted molar refractivity (Wildman–Crippen MR) is 134 cm³/mol. The Morgan fingerprint density at radius 1 is 1.26 bits per heavy atom. The summed E-state index contributed by atoms with van der Waals surface area (Å²) in [7, 11) is 0. The van der Waals surface area contributed by atoms with Gasteiger partial charge in [-0.3, -0.25) is 9.59 Å². The van der Waals surface area contributed by atoms with Crippen molar-refractivity contribution in [2.75, 3.05) is 6.54 Å². The fourth-order valence-corrected chi connectivity index (χ4v) is 5.80. The van der Waals surface area contributed by atoms with Gasteiger partial charge in [0.1, 0.15) is 16.7 Å². The smallest absolute Gasteiger partial charge is 0.248 e.